The third kappa shape index (κ3) is 3.58. The normalized spacial score (nSPS) is 12.4. The molecule has 1 unspecified atom stereocenters. The molecule has 0 spiro atoms. The van der Waals surface area contributed by atoms with Gasteiger partial charge in [-0.25, -0.2) is 4.39 Å². The molecule has 0 aliphatic rings. The lowest BCUT2D eigenvalue weighted by atomic mass is 10.1. The molecule has 1 atom stereocenters. The first kappa shape index (κ1) is 15.4. The number of halogens is 3. The van der Waals surface area contributed by atoms with Gasteiger partial charge in [0.25, 0.3) is 0 Å². The minimum atomic E-state index is -1.28. The maximum atomic E-state index is 13.3. The summed E-state index contributed by atoms with van der Waals surface area (Å²) in [5, 5.41) is 0.777. The third-order valence-electron chi connectivity index (χ3n) is 2.78. The molecule has 0 aromatic heterocycles. The predicted molar refractivity (Wildman–Crippen MR) is 80.9 cm³/mol. The van der Waals surface area contributed by atoms with Crippen molar-refractivity contribution >= 4 is 34.0 Å². The molecule has 2 nitrogen and oxygen atoms in total. The second-order valence-corrected chi connectivity index (χ2v) is 6.46. The first-order valence-corrected chi connectivity index (χ1v) is 7.89. The molecule has 2 aromatic carbocycles. The third-order valence-corrected chi connectivity index (χ3v) is 4.90. The highest BCUT2D eigenvalue weighted by Crippen LogP contribution is 2.25. The molecule has 106 valence electrons. The van der Waals surface area contributed by atoms with Crippen molar-refractivity contribution in [2.24, 2.45) is 5.73 Å². The Morgan fingerprint density at radius 1 is 1.10 bits per heavy atom. The SMILES string of the molecule is NCc1cc(CS(=O)c2ccc(Cl)c(Cl)c2)ccc1F. The van der Waals surface area contributed by atoms with Crippen LogP contribution in [0.5, 0.6) is 0 Å². The van der Waals surface area contributed by atoms with Gasteiger partial charge in [0.2, 0.25) is 0 Å². The quantitative estimate of drug-likeness (QED) is 0.923. The largest absolute Gasteiger partial charge is 0.326 e. The highest BCUT2D eigenvalue weighted by atomic mass is 35.5. The summed E-state index contributed by atoms with van der Waals surface area (Å²) in [5.41, 5.74) is 6.62. The van der Waals surface area contributed by atoms with E-state index in [4.69, 9.17) is 28.9 Å². The minimum Gasteiger partial charge on any atom is -0.326 e. The summed E-state index contributed by atoms with van der Waals surface area (Å²) >= 11 is 11.7. The summed E-state index contributed by atoms with van der Waals surface area (Å²) in [6.07, 6.45) is 0. The molecule has 0 fully saturated rings. The minimum absolute atomic E-state index is 0.110. The van der Waals surface area contributed by atoms with Crippen LogP contribution in [0.4, 0.5) is 4.39 Å². The fraction of sp³-hybridized carbons (Fsp3) is 0.143. The van der Waals surface area contributed by atoms with E-state index in [0.29, 0.717) is 20.5 Å². The molecule has 6 heteroatoms. The van der Waals surface area contributed by atoms with Crippen LogP contribution < -0.4 is 5.73 Å². The van der Waals surface area contributed by atoms with Gasteiger partial charge in [-0.05, 0) is 29.8 Å². The zero-order valence-electron chi connectivity index (χ0n) is 10.4. The van der Waals surface area contributed by atoms with Crippen LogP contribution in [0.15, 0.2) is 41.3 Å². The van der Waals surface area contributed by atoms with Crippen LogP contribution in [0.1, 0.15) is 11.1 Å². The van der Waals surface area contributed by atoms with Gasteiger partial charge in [-0.1, -0.05) is 35.3 Å². The van der Waals surface area contributed by atoms with Crippen LogP contribution in [-0.4, -0.2) is 4.21 Å². The first-order chi connectivity index (χ1) is 9.51. The highest BCUT2D eigenvalue weighted by Gasteiger charge is 2.09. The Labute approximate surface area is 129 Å². The Hall–Kier alpha value is -0.940. The number of rotatable bonds is 4. The molecule has 0 saturated heterocycles. The molecule has 2 aromatic rings. The van der Waals surface area contributed by atoms with Crippen LogP contribution in [0.3, 0.4) is 0 Å². The van der Waals surface area contributed by atoms with E-state index in [-0.39, 0.29) is 18.1 Å². The molecule has 0 heterocycles. The molecule has 20 heavy (non-hydrogen) atoms. The van der Waals surface area contributed by atoms with Crippen molar-refractivity contribution < 1.29 is 8.60 Å². The van der Waals surface area contributed by atoms with E-state index in [9.17, 15) is 8.60 Å². The molecular formula is C14H12Cl2FNOS. The van der Waals surface area contributed by atoms with E-state index in [2.05, 4.69) is 0 Å². The van der Waals surface area contributed by atoms with Crippen LogP contribution in [0.25, 0.3) is 0 Å². The van der Waals surface area contributed by atoms with Crippen molar-refractivity contribution in [2.75, 3.05) is 0 Å². The summed E-state index contributed by atoms with van der Waals surface area (Å²) in [6.45, 7) is 0.110. The lowest BCUT2D eigenvalue weighted by Gasteiger charge is -2.06. The van der Waals surface area contributed by atoms with Gasteiger partial charge in [-0.15, -0.1) is 0 Å². The van der Waals surface area contributed by atoms with Crippen LogP contribution >= 0.6 is 23.2 Å². The van der Waals surface area contributed by atoms with E-state index >= 15 is 0 Å². The van der Waals surface area contributed by atoms with Gasteiger partial charge in [0.05, 0.1) is 26.6 Å². The maximum Gasteiger partial charge on any atom is 0.127 e. The molecule has 2 N–H and O–H groups in total. The average Bonchev–Trinajstić information content (AvgIpc) is 2.43. The van der Waals surface area contributed by atoms with Crippen molar-refractivity contribution in [2.45, 2.75) is 17.2 Å². The topological polar surface area (TPSA) is 43.1 Å². The zero-order chi connectivity index (χ0) is 14.7. The second kappa shape index (κ2) is 6.68. The highest BCUT2D eigenvalue weighted by molar-refractivity contribution is 7.84. The smallest absolute Gasteiger partial charge is 0.127 e. The summed E-state index contributed by atoms with van der Waals surface area (Å²) in [7, 11) is -1.28. The van der Waals surface area contributed by atoms with Crippen molar-refractivity contribution in [3.63, 3.8) is 0 Å². The zero-order valence-corrected chi connectivity index (χ0v) is 12.7. The van der Waals surface area contributed by atoms with Crippen LogP contribution in [0, 0.1) is 5.82 Å². The molecule has 0 saturated carbocycles. The molecule has 0 amide bonds. The summed E-state index contributed by atoms with van der Waals surface area (Å²) in [4.78, 5) is 0.582. The molecule has 0 bridgehead atoms. The van der Waals surface area contributed by atoms with Crippen molar-refractivity contribution in [3.05, 3.63) is 63.4 Å². The second-order valence-electron chi connectivity index (χ2n) is 4.20. The summed E-state index contributed by atoms with van der Waals surface area (Å²) in [6, 6.07) is 9.41. The van der Waals surface area contributed by atoms with E-state index in [0.717, 1.165) is 5.56 Å². The van der Waals surface area contributed by atoms with Gasteiger partial charge < -0.3 is 5.73 Å². The van der Waals surface area contributed by atoms with E-state index < -0.39 is 10.8 Å². The molecule has 0 aliphatic heterocycles. The van der Waals surface area contributed by atoms with Gasteiger partial charge in [-0.3, -0.25) is 4.21 Å². The van der Waals surface area contributed by atoms with Crippen LogP contribution in [0.2, 0.25) is 10.0 Å². The molecular weight excluding hydrogens is 320 g/mol. The standard InChI is InChI=1S/C14H12Cl2FNOS/c15-12-3-2-11(6-13(12)16)20(19)8-9-1-4-14(17)10(5-9)7-18/h1-6H,7-8,18H2. The first-order valence-electron chi connectivity index (χ1n) is 5.82. The predicted octanol–water partition coefficient (Wildman–Crippen LogP) is 3.90. The Balaban J connectivity index is 2.21. The Morgan fingerprint density at radius 3 is 2.50 bits per heavy atom. The number of benzene rings is 2. The van der Waals surface area contributed by atoms with Gasteiger partial charge >= 0.3 is 0 Å². The number of hydrogen-bond donors (Lipinski definition) is 1. The van der Waals surface area contributed by atoms with Gasteiger partial charge in [0, 0.05) is 17.0 Å². The Kier molecular flexibility index (Phi) is 5.16. The van der Waals surface area contributed by atoms with Crippen LogP contribution in [-0.2, 0) is 23.1 Å². The van der Waals surface area contributed by atoms with Crippen molar-refractivity contribution in [1.29, 1.82) is 0 Å². The maximum absolute atomic E-state index is 13.3. The van der Waals surface area contributed by atoms with Gasteiger partial charge in [0.1, 0.15) is 5.82 Å². The Morgan fingerprint density at radius 2 is 1.85 bits per heavy atom. The van der Waals surface area contributed by atoms with E-state index in [1.807, 2.05) is 0 Å². The lowest BCUT2D eigenvalue weighted by Crippen LogP contribution is -2.03. The molecule has 0 aliphatic carbocycles. The van der Waals surface area contributed by atoms with Gasteiger partial charge in [-0.2, -0.15) is 0 Å². The van der Waals surface area contributed by atoms with Crippen molar-refractivity contribution in [1.82, 2.24) is 0 Å². The summed E-state index contributed by atoms with van der Waals surface area (Å²) < 4.78 is 25.6. The lowest BCUT2D eigenvalue weighted by molar-refractivity contribution is 0.610. The number of nitrogens with two attached hydrogens (primary N) is 1. The fourth-order valence-electron chi connectivity index (χ4n) is 1.73. The van der Waals surface area contributed by atoms with Gasteiger partial charge in [0.15, 0.2) is 0 Å². The molecule has 2 rings (SSSR count). The monoisotopic (exact) mass is 331 g/mol. The Bertz CT molecular complexity index is 664. The van der Waals surface area contributed by atoms with E-state index in [1.165, 1.54) is 6.07 Å². The van der Waals surface area contributed by atoms with Crippen molar-refractivity contribution in [3.8, 4) is 0 Å². The average molecular weight is 332 g/mol. The number of hydrogen-bond acceptors (Lipinski definition) is 2. The van der Waals surface area contributed by atoms with E-state index in [1.54, 1.807) is 30.3 Å². The molecule has 0 radical (unpaired) electrons. The fourth-order valence-corrected chi connectivity index (χ4v) is 3.21. The summed E-state index contributed by atoms with van der Waals surface area (Å²) in [5.74, 6) is -0.0813.